The van der Waals surface area contributed by atoms with Crippen LogP contribution in [0.25, 0.3) is 10.9 Å². The van der Waals surface area contributed by atoms with Crippen LogP contribution in [-0.2, 0) is 0 Å². The second-order valence-electron chi connectivity index (χ2n) is 7.20. The lowest BCUT2D eigenvalue weighted by Gasteiger charge is -2.38. The zero-order valence-electron chi connectivity index (χ0n) is 15.7. The fraction of sp³-hybridized carbons (Fsp3) is 0.286. The van der Waals surface area contributed by atoms with Gasteiger partial charge in [-0.05, 0) is 42.5 Å². The number of aliphatic hydroxyl groups excluding tert-OH is 1. The molecule has 1 aliphatic rings. The van der Waals surface area contributed by atoms with Crippen molar-refractivity contribution in [3.63, 3.8) is 0 Å². The van der Waals surface area contributed by atoms with Gasteiger partial charge in [-0.15, -0.1) is 0 Å². The smallest absolute Gasteiger partial charge is 0.268 e. The van der Waals surface area contributed by atoms with Gasteiger partial charge in [-0.1, -0.05) is 6.07 Å². The number of pyridine rings is 2. The molecular formula is C21H20FN3O4. The van der Waals surface area contributed by atoms with E-state index in [4.69, 9.17) is 4.74 Å². The number of hydrogen-bond acceptors (Lipinski definition) is 5. The van der Waals surface area contributed by atoms with E-state index in [9.17, 15) is 19.1 Å². The molecule has 8 heteroatoms. The number of nitrogens with zero attached hydrogens (tertiary/aromatic N) is 1. The summed E-state index contributed by atoms with van der Waals surface area (Å²) < 4.78 is 19.3. The first-order valence-corrected chi connectivity index (χ1v) is 9.25. The van der Waals surface area contributed by atoms with Crippen LogP contribution in [0.5, 0.6) is 5.75 Å². The van der Waals surface area contributed by atoms with Crippen LogP contribution < -0.4 is 15.5 Å². The van der Waals surface area contributed by atoms with Gasteiger partial charge >= 0.3 is 0 Å². The predicted octanol–water partition coefficient (Wildman–Crippen LogP) is 2.31. The van der Waals surface area contributed by atoms with E-state index in [1.54, 1.807) is 18.5 Å². The number of carbonyl (C=O) groups is 1. The minimum atomic E-state index is -0.607. The van der Waals surface area contributed by atoms with Crippen molar-refractivity contribution in [2.24, 2.45) is 5.92 Å². The van der Waals surface area contributed by atoms with Gasteiger partial charge in [0.15, 0.2) is 5.43 Å². The number of halogens is 1. The molecule has 0 saturated heterocycles. The number of aromatic amines is 1. The number of para-hydroxylation sites is 1. The zero-order valence-corrected chi connectivity index (χ0v) is 15.7. The summed E-state index contributed by atoms with van der Waals surface area (Å²) in [4.78, 5) is 32.1. The number of aliphatic hydroxyl groups is 1. The standard InChI is InChI=1S/C21H20FN3O4/c1-29-14-7-12(9-23-10-14)19(11-5-13(26)6-11)25-21(28)17-8-18(27)15-3-2-4-16(22)20(15)24-17/h2-4,7-11,13,19,26H,5-6H2,1H3,(H,24,27)(H,25,28). The highest BCUT2D eigenvalue weighted by Crippen LogP contribution is 2.38. The number of rotatable bonds is 5. The molecule has 0 aliphatic heterocycles. The Hall–Kier alpha value is -3.26. The Balaban J connectivity index is 1.67. The molecule has 2 heterocycles. The molecule has 3 N–H and O–H groups in total. The van der Waals surface area contributed by atoms with Crippen LogP contribution in [0.1, 0.15) is 34.9 Å². The van der Waals surface area contributed by atoms with Gasteiger partial charge in [-0.25, -0.2) is 4.39 Å². The summed E-state index contributed by atoms with van der Waals surface area (Å²) in [5, 5.41) is 12.8. The van der Waals surface area contributed by atoms with Crippen LogP contribution in [0.15, 0.2) is 47.5 Å². The molecule has 2 aromatic heterocycles. The number of aromatic nitrogens is 2. The first kappa shape index (κ1) is 19.1. The highest BCUT2D eigenvalue weighted by Gasteiger charge is 2.36. The van der Waals surface area contributed by atoms with Gasteiger partial charge in [0.05, 0.1) is 31.0 Å². The van der Waals surface area contributed by atoms with Crippen molar-refractivity contribution in [3.05, 3.63) is 70.0 Å². The monoisotopic (exact) mass is 397 g/mol. The average molecular weight is 397 g/mol. The van der Waals surface area contributed by atoms with Crippen LogP contribution in [0.2, 0.25) is 0 Å². The minimum Gasteiger partial charge on any atom is -0.495 e. The first-order valence-electron chi connectivity index (χ1n) is 9.25. The zero-order chi connectivity index (χ0) is 20.5. The number of hydrogen-bond donors (Lipinski definition) is 3. The lowest BCUT2D eigenvalue weighted by molar-refractivity contribution is 0.0234. The number of nitrogens with one attached hydrogen (secondary N) is 2. The predicted molar refractivity (Wildman–Crippen MR) is 104 cm³/mol. The van der Waals surface area contributed by atoms with Crippen LogP contribution in [-0.4, -0.2) is 34.2 Å². The van der Waals surface area contributed by atoms with Gasteiger partial charge < -0.3 is 20.1 Å². The van der Waals surface area contributed by atoms with E-state index in [1.807, 2.05) is 0 Å². The molecule has 1 fully saturated rings. The molecule has 1 saturated carbocycles. The van der Waals surface area contributed by atoms with Crippen LogP contribution in [0, 0.1) is 11.7 Å². The molecule has 1 atom stereocenters. The second-order valence-corrected chi connectivity index (χ2v) is 7.20. The summed E-state index contributed by atoms with van der Waals surface area (Å²) in [6.07, 6.45) is 3.84. The molecule has 1 unspecified atom stereocenters. The van der Waals surface area contributed by atoms with Gasteiger partial charge in [0.1, 0.15) is 17.3 Å². The van der Waals surface area contributed by atoms with E-state index in [1.165, 1.54) is 25.3 Å². The lowest BCUT2D eigenvalue weighted by Crippen LogP contribution is -2.41. The van der Waals surface area contributed by atoms with E-state index in [-0.39, 0.29) is 22.5 Å². The third kappa shape index (κ3) is 3.71. The topological polar surface area (TPSA) is 104 Å². The molecule has 3 aromatic rings. The second kappa shape index (κ2) is 7.63. The molecule has 29 heavy (non-hydrogen) atoms. The Bertz CT molecular complexity index is 1120. The molecule has 4 rings (SSSR count). The SMILES string of the molecule is COc1cncc(C(NC(=O)c2cc(=O)c3cccc(F)c3[nH]2)C2CC(O)C2)c1. The normalized spacial score (nSPS) is 19.4. The van der Waals surface area contributed by atoms with Crippen molar-refractivity contribution < 1.29 is 19.0 Å². The van der Waals surface area contributed by atoms with Crippen LogP contribution in [0.3, 0.4) is 0 Å². The van der Waals surface area contributed by atoms with Crippen molar-refractivity contribution in [2.75, 3.05) is 7.11 Å². The highest BCUT2D eigenvalue weighted by atomic mass is 19.1. The number of benzene rings is 1. The van der Waals surface area contributed by atoms with Crippen molar-refractivity contribution >= 4 is 16.8 Å². The fourth-order valence-electron chi connectivity index (χ4n) is 3.67. The summed E-state index contributed by atoms with van der Waals surface area (Å²) in [5.41, 5.74) is 0.239. The van der Waals surface area contributed by atoms with E-state index < -0.39 is 29.3 Å². The Labute approximate surface area is 165 Å². The van der Waals surface area contributed by atoms with Crippen molar-refractivity contribution in [2.45, 2.75) is 25.0 Å². The largest absolute Gasteiger partial charge is 0.495 e. The first-order chi connectivity index (χ1) is 14.0. The Morgan fingerprint density at radius 1 is 1.34 bits per heavy atom. The molecule has 0 spiro atoms. The molecular weight excluding hydrogens is 377 g/mol. The summed E-state index contributed by atoms with van der Waals surface area (Å²) in [6.45, 7) is 0. The molecule has 150 valence electrons. The number of amides is 1. The maximum Gasteiger partial charge on any atom is 0.268 e. The summed E-state index contributed by atoms with van der Waals surface area (Å²) in [7, 11) is 1.52. The number of fused-ring (bicyclic) bond motifs is 1. The van der Waals surface area contributed by atoms with E-state index in [2.05, 4.69) is 15.3 Å². The molecule has 1 aromatic carbocycles. The van der Waals surface area contributed by atoms with Gasteiger partial charge in [0, 0.05) is 17.6 Å². The van der Waals surface area contributed by atoms with E-state index in [0.717, 1.165) is 11.6 Å². The molecule has 1 aliphatic carbocycles. The summed E-state index contributed by atoms with van der Waals surface area (Å²) in [6, 6.07) is 6.66. The maximum absolute atomic E-state index is 14.1. The summed E-state index contributed by atoms with van der Waals surface area (Å²) >= 11 is 0. The number of carbonyl (C=O) groups excluding carboxylic acids is 1. The van der Waals surface area contributed by atoms with E-state index in [0.29, 0.717) is 18.6 Å². The summed E-state index contributed by atoms with van der Waals surface area (Å²) in [5.74, 6) is -0.596. The van der Waals surface area contributed by atoms with Gasteiger partial charge in [0.25, 0.3) is 5.91 Å². The number of H-pyrrole nitrogens is 1. The van der Waals surface area contributed by atoms with Crippen molar-refractivity contribution in [1.82, 2.24) is 15.3 Å². The fourth-order valence-corrected chi connectivity index (χ4v) is 3.67. The van der Waals surface area contributed by atoms with Gasteiger partial charge in [-0.2, -0.15) is 0 Å². The third-order valence-corrected chi connectivity index (χ3v) is 5.30. The number of ether oxygens (including phenoxy) is 1. The maximum atomic E-state index is 14.1. The Morgan fingerprint density at radius 3 is 2.86 bits per heavy atom. The van der Waals surface area contributed by atoms with Gasteiger partial charge in [-0.3, -0.25) is 14.6 Å². The van der Waals surface area contributed by atoms with Crippen molar-refractivity contribution in [3.8, 4) is 5.75 Å². The van der Waals surface area contributed by atoms with Crippen molar-refractivity contribution in [1.29, 1.82) is 0 Å². The Morgan fingerprint density at radius 2 is 2.14 bits per heavy atom. The quantitative estimate of drug-likeness (QED) is 0.613. The number of methoxy groups -OCH3 is 1. The Kier molecular flexibility index (Phi) is 5.02. The molecule has 0 radical (unpaired) electrons. The highest BCUT2D eigenvalue weighted by molar-refractivity contribution is 5.95. The van der Waals surface area contributed by atoms with Crippen LogP contribution in [0.4, 0.5) is 4.39 Å². The molecule has 1 amide bonds. The lowest BCUT2D eigenvalue weighted by atomic mass is 9.75. The average Bonchev–Trinajstić information content (AvgIpc) is 2.70. The third-order valence-electron chi connectivity index (χ3n) is 5.30. The van der Waals surface area contributed by atoms with Crippen LogP contribution >= 0.6 is 0 Å². The minimum absolute atomic E-state index is 0.00627. The molecule has 0 bridgehead atoms. The van der Waals surface area contributed by atoms with E-state index >= 15 is 0 Å². The van der Waals surface area contributed by atoms with Gasteiger partial charge in [0.2, 0.25) is 0 Å². The molecule has 7 nitrogen and oxygen atoms in total.